The molecular formula is C15H18N2OS2. The largest absolute Gasteiger partial charge is 0.348 e. The minimum atomic E-state index is 0.273. The van der Waals surface area contributed by atoms with Gasteiger partial charge in [-0.1, -0.05) is 17.4 Å². The predicted octanol–water partition coefficient (Wildman–Crippen LogP) is 3.79. The van der Waals surface area contributed by atoms with Crippen molar-refractivity contribution in [1.29, 1.82) is 0 Å². The Morgan fingerprint density at radius 1 is 1.45 bits per heavy atom. The lowest BCUT2D eigenvalue weighted by atomic mass is 10.0. The van der Waals surface area contributed by atoms with E-state index in [1.807, 2.05) is 0 Å². The zero-order valence-corrected chi connectivity index (χ0v) is 13.4. The molecule has 1 aliphatic carbocycles. The number of hydrogen-bond donors (Lipinski definition) is 0. The highest BCUT2D eigenvalue weighted by Gasteiger charge is 2.24. The Labute approximate surface area is 127 Å². The van der Waals surface area contributed by atoms with Crippen LogP contribution in [0.2, 0.25) is 0 Å². The first kappa shape index (κ1) is 13.8. The Hall–Kier alpha value is -1.20. The van der Waals surface area contributed by atoms with Gasteiger partial charge in [0.2, 0.25) is 0 Å². The van der Waals surface area contributed by atoms with Gasteiger partial charge in [-0.25, -0.2) is 4.98 Å². The molecule has 1 atom stereocenters. The van der Waals surface area contributed by atoms with Crippen LogP contribution < -0.4 is 4.90 Å². The van der Waals surface area contributed by atoms with E-state index in [1.54, 1.807) is 22.7 Å². The van der Waals surface area contributed by atoms with Crippen LogP contribution in [-0.4, -0.2) is 23.9 Å². The van der Waals surface area contributed by atoms with Crippen molar-refractivity contribution in [2.45, 2.75) is 38.6 Å². The molecule has 106 valence electrons. The van der Waals surface area contributed by atoms with Crippen molar-refractivity contribution in [3.05, 3.63) is 33.0 Å². The summed E-state index contributed by atoms with van der Waals surface area (Å²) in [5, 5.41) is 3.09. The van der Waals surface area contributed by atoms with Crippen molar-refractivity contribution in [1.82, 2.24) is 4.98 Å². The van der Waals surface area contributed by atoms with Crippen molar-refractivity contribution >= 4 is 33.6 Å². The van der Waals surface area contributed by atoms with E-state index in [-0.39, 0.29) is 5.78 Å². The third kappa shape index (κ3) is 2.65. The molecule has 0 aliphatic heterocycles. The Balaban J connectivity index is 1.76. The number of aromatic nitrogens is 1. The number of rotatable bonds is 4. The van der Waals surface area contributed by atoms with Gasteiger partial charge in [0.25, 0.3) is 0 Å². The molecule has 5 heteroatoms. The highest BCUT2D eigenvalue weighted by Crippen LogP contribution is 2.32. The molecule has 3 rings (SSSR count). The number of ketones is 1. The Morgan fingerprint density at radius 2 is 2.30 bits per heavy atom. The number of aryl methyl sites for hydroxylation is 1. The molecule has 2 aromatic heterocycles. The average Bonchev–Trinajstić information content (AvgIpc) is 3.07. The molecule has 0 N–H and O–H groups in total. The number of anilines is 1. The lowest BCUT2D eigenvalue weighted by molar-refractivity contribution is 0.0976. The molecule has 20 heavy (non-hydrogen) atoms. The summed E-state index contributed by atoms with van der Waals surface area (Å²) in [6, 6.07) is 4.65. The molecule has 0 amide bonds. The molecule has 2 aromatic rings. The topological polar surface area (TPSA) is 33.2 Å². The van der Waals surface area contributed by atoms with Crippen LogP contribution in [0.4, 0.5) is 5.13 Å². The Morgan fingerprint density at radius 3 is 3.00 bits per heavy atom. The van der Waals surface area contributed by atoms with Crippen molar-refractivity contribution in [2.75, 3.05) is 11.9 Å². The van der Waals surface area contributed by atoms with Gasteiger partial charge >= 0.3 is 0 Å². The van der Waals surface area contributed by atoms with Gasteiger partial charge < -0.3 is 4.90 Å². The number of carbonyl (C=O) groups excluding carboxylic acids is 1. The zero-order chi connectivity index (χ0) is 14.1. The van der Waals surface area contributed by atoms with E-state index in [9.17, 15) is 4.79 Å². The summed E-state index contributed by atoms with van der Waals surface area (Å²) in [7, 11) is 2.08. The van der Waals surface area contributed by atoms with E-state index in [0.717, 1.165) is 35.0 Å². The summed E-state index contributed by atoms with van der Waals surface area (Å²) in [6.45, 7) is 2.21. The molecule has 0 bridgehead atoms. The van der Waals surface area contributed by atoms with Crippen LogP contribution in [0.5, 0.6) is 0 Å². The molecule has 1 unspecified atom stereocenters. The van der Waals surface area contributed by atoms with E-state index in [0.29, 0.717) is 12.5 Å². The monoisotopic (exact) mass is 306 g/mol. The van der Waals surface area contributed by atoms with Crippen LogP contribution in [0.3, 0.4) is 0 Å². The number of likely N-dealkylation sites (N-methyl/N-ethyl adjacent to an activating group) is 1. The van der Waals surface area contributed by atoms with Crippen molar-refractivity contribution in [3.63, 3.8) is 0 Å². The smallest absolute Gasteiger partial charge is 0.186 e. The molecule has 0 saturated carbocycles. The summed E-state index contributed by atoms with van der Waals surface area (Å²) in [5.74, 6) is 0.273. The maximum absolute atomic E-state index is 11.9. The van der Waals surface area contributed by atoms with Crippen molar-refractivity contribution < 1.29 is 4.79 Å². The Kier molecular flexibility index (Phi) is 3.89. The molecular weight excluding hydrogens is 288 g/mol. The van der Waals surface area contributed by atoms with E-state index in [2.05, 4.69) is 41.4 Å². The quantitative estimate of drug-likeness (QED) is 0.861. The van der Waals surface area contributed by atoms with Crippen molar-refractivity contribution in [2.24, 2.45) is 0 Å². The first-order valence-corrected chi connectivity index (χ1v) is 8.63. The second-order valence-corrected chi connectivity index (χ2v) is 7.30. The van der Waals surface area contributed by atoms with Gasteiger partial charge in [0, 0.05) is 30.8 Å². The number of Topliss-reactive ketones (excluding diaryl/α,β-unsaturated/α-hetero) is 1. The van der Waals surface area contributed by atoms with Gasteiger partial charge in [-0.2, -0.15) is 0 Å². The van der Waals surface area contributed by atoms with Crippen LogP contribution in [0.25, 0.3) is 0 Å². The van der Waals surface area contributed by atoms with Crippen LogP contribution >= 0.6 is 22.7 Å². The van der Waals surface area contributed by atoms with E-state index >= 15 is 0 Å². The lowest BCUT2D eigenvalue weighted by Gasteiger charge is -2.23. The number of thiazole rings is 1. The summed E-state index contributed by atoms with van der Waals surface area (Å²) >= 11 is 3.35. The van der Waals surface area contributed by atoms with Gasteiger partial charge in [0.05, 0.1) is 10.6 Å². The third-order valence-electron chi connectivity index (χ3n) is 3.80. The fourth-order valence-electron chi connectivity index (χ4n) is 2.45. The first-order chi connectivity index (χ1) is 9.65. The molecule has 0 saturated heterocycles. The maximum atomic E-state index is 11.9. The Bertz CT molecular complexity index is 603. The highest BCUT2D eigenvalue weighted by molar-refractivity contribution is 7.17. The highest BCUT2D eigenvalue weighted by atomic mass is 32.1. The number of hydrogen-bond acceptors (Lipinski definition) is 5. The minimum Gasteiger partial charge on any atom is -0.348 e. The number of thiophene rings is 1. The maximum Gasteiger partial charge on any atom is 0.186 e. The molecule has 2 heterocycles. The average molecular weight is 306 g/mol. The number of fused-ring (bicyclic) bond motifs is 1. The molecule has 0 radical (unpaired) electrons. The molecule has 3 nitrogen and oxygen atoms in total. The minimum absolute atomic E-state index is 0.273. The fourth-order valence-corrected chi connectivity index (χ4v) is 4.42. The van der Waals surface area contributed by atoms with Crippen LogP contribution in [0.15, 0.2) is 17.5 Å². The second kappa shape index (κ2) is 5.66. The molecule has 0 aromatic carbocycles. The number of carbonyl (C=O) groups is 1. The molecule has 0 spiro atoms. The van der Waals surface area contributed by atoms with Crippen molar-refractivity contribution in [3.8, 4) is 0 Å². The summed E-state index contributed by atoms with van der Waals surface area (Å²) in [5.41, 5.74) is 1.01. The number of nitrogens with zero attached hydrogens (tertiary/aromatic N) is 2. The first-order valence-electron chi connectivity index (χ1n) is 6.93. The fraction of sp³-hybridized carbons (Fsp3) is 0.467. The SMILES string of the molecule is CC(Cc1cccs1)N(C)c1nc2c(s1)C(=O)CCC2. The van der Waals surface area contributed by atoms with E-state index in [4.69, 9.17) is 0 Å². The van der Waals surface area contributed by atoms with Crippen LogP contribution in [-0.2, 0) is 12.8 Å². The second-order valence-electron chi connectivity index (χ2n) is 5.29. The van der Waals surface area contributed by atoms with E-state index in [1.165, 1.54) is 4.88 Å². The zero-order valence-electron chi connectivity index (χ0n) is 11.8. The van der Waals surface area contributed by atoms with Gasteiger partial charge in [-0.15, -0.1) is 11.3 Å². The molecule has 1 aliphatic rings. The van der Waals surface area contributed by atoms with E-state index < -0.39 is 0 Å². The van der Waals surface area contributed by atoms with Crippen LogP contribution in [0.1, 0.15) is 40.0 Å². The summed E-state index contributed by atoms with van der Waals surface area (Å²) in [6.07, 6.45) is 3.60. The summed E-state index contributed by atoms with van der Waals surface area (Å²) in [4.78, 5) is 21.1. The normalized spacial score (nSPS) is 16.0. The molecule has 0 fully saturated rings. The predicted molar refractivity (Wildman–Crippen MR) is 85.3 cm³/mol. The van der Waals surface area contributed by atoms with Gasteiger partial charge in [-0.3, -0.25) is 4.79 Å². The van der Waals surface area contributed by atoms with Gasteiger partial charge in [-0.05, 0) is 31.2 Å². The van der Waals surface area contributed by atoms with Gasteiger partial charge in [0.15, 0.2) is 10.9 Å². The lowest BCUT2D eigenvalue weighted by Crippen LogP contribution is -2.30. The third-order valence-corrected chi connectivity index (χ3v) is 5.92. The van der Waals surface area contributed by atoms with Crippen LogP contribution in [0, 0.1) is 0 Å². The van der Waals surface area contributed by atoms with Gasteiger partial charge in [0.1, 0.15) is 0 Å². The standard InChI is InChI=1S/C15H18N2OS2/c1-10(9-11-5-4-8-19-11)17(2)15-16-12-6-3-7-13(18)14(12)20-15/h4-5,8,10H,3,6-7,9H2,1-2H3. The summed E-state index contributed by atoms with van der Waals surface area (Å²) < 4.78 is 0.